The number of pyridine rings is 2. The number of thiazole rings is 1. The number of ether oxygens (including phenoxy) is 2. The highest BCUT2D eigenvalue weighted by Gasteiger charge is 2.42. The van der Waals surface area contributed by atoms with Gasteiger partial charge in [-0.3, -0.25) is 15.0 Å². The Morgan fingerprint density at radius 3 is 2.51 bits per heavy atom. The van der Waals surface area contributed by atoms with Gasteiger partial charge in [-0.25, -0.2) is 24.4 Å². The monoisotopic (exact) mass is 730 g/mol. The molecule has 0 radical (unpaired) electrons. The number of carbonyl (C=O) groups is 3. The van der Waals surface area contributed by atoms with E-state index in [9.17, 15) is 37.5 Å². The maximum Gasteiger partial charge on any atom is 0.434 e. The van der Waals surface area contributed by atoms with Gasteiger partial charge in [0.15, 0.2) is 5.69 Å². The van der Waals surface area contributed by atoms with E-state index in [-0.39, 0.29) is 53.6 Å². The lowest BCUT2D eigenvalue weighted by Crippen LogP contribution is -2.58. The predicted molar refractivity (Wildman–Crippen MR) is 184 cm³/mol. The van der Waals surface area contributed by atoms with Gasteiger partial charge in [-0.05, 0) is 43.0 Å². The van der Waals surface area contributed by atoms with Gasteiger partial charge < -0.3 is 24.5 Å². The van der Waals surface area contributed by atoms with Crippen molar-refractivity contribution >= 4 is 46.2 Å². The van der Waals surface area contributed by atoms with Crippen LogP contribution in [0, 0.1) is 5.41 Å². The Morgan fingerprint density at radius 1 is 1.14 bits per heavy atom. The minimum Gasteiger partial charge on any atom is -0.465 e. The molecule has 5 rings (SSSR count). The first-order chi connectivity index (χ1) is 24.0. The summed E-state index contributed by atoms with van der Waals surface area (Å²) < 4.78 is 53.6. The Hall–Kier alpha value is -5.03. The quantitative estimate of drug-likeness (QED) is 0.176. The van der Waals surface area contributed by atoms with E-state index in [1.807, 2.05) is 20.8 Å². The molecule has 3 N–H and O–H groups in total. The number of amides is 3. The summed E-state index contributed by atoms with van der Waals surface area (Å²) in [4.78, 5) is 61.0. The number of halogens is 3. The van der Waals surface area contributed by atoms with Gasteiger partial charge in [0.25, 0.3) is 0 Å². The summed E-state index contributed by atoms with van der Waals surface area (Å²) >= 11 is 0.743. The normalized spacial score (nSPS) is 16.6. The SMILES string of the molecule is CCNC(=O)Nc1cc(-c2nc(C(F)(F)F)cs2)c(-c2ccc3c(c2)c(=O)c(C(=O)OCC)cn3CC2C(C(C)(C)C)OCCN2C(=O)O)cn1. The minimum absolute atomic E-state index is 0.00880. The lowest BCUT2D eigenvalue weighted by Gasteiger charge is -2.45. The molecule has 1 aromatic carbocycles. The summed E-state index contributed by atoms with van der Waals surface area (Å²) in [5.74, 6) is -0.834. The van der Waals surface area contributed by atoms with Crippen LogP contribution >= 0.6 is 11.3 Å². The molecule has 3 amide bonds. The Kier molecular flexibility index (Phi) is 10.7. The van der Waals surface area contributed by atoms with E-state index >= 15 is 0 Å². The lowest BCUT2D eigenvalue weighted by atomic mass is 9.83. The van der Waals surface area contributed by atoms with Gasteiger partial charge in [0.2, 0.25) is 5.43 Å². The second-order valence-corrected chi connectivity index (χ2v) is 13.7. The van der Waals surface area contributed by atoms with Gasteiger partial charge in [-0.1, -0.05) is 26.8 Å². The number of esters is 1. The number of anilines is 1. The highest BCUT2D eigenvalue weighted by atomic mass is 32.1. The minimum atomic E-state index is -4.70. The first kappa shape index (κ1) is 37.2. The zero-order chi connectivity index (χ0) is 37.2. The summed E-state index contributed by atoms with van der Waals surface area (Å²) in [6, 6.07) is 4.83. The molecule has 272 valence electrons. The van der Waals surface area contributed by atoms with Crippen molar-refractivity contribution in [3.8, 4) is 21.7 Å². The molecule has 2 atom stereocenters. The number of carboxylic acid groups (broad SMARTS) is 1. The molecule has 0 saturated carbocycles. The molecule has 1 aliphatic rings. The molecule has 4 heterocycles. The average Bonchev–Trinajstić information content (AvgIpc) is 3.57. The summed E-state index contributed by atoms with van der Waals surface area (Å²) in [7, 11) is 0. The van der Waals surface area contributed by atoms with E-state index in [0.29, 0.717) is 23.2 Å². The molecule has 4 aromatic rings. The maximum atomic E-state index is 13.9. The molecule has 51 heavy (non-hydrogen) atoms. The first-order valence-electron chi connectivity index (χ1n) is 16.1. The molecule has 2 unspecified atom stereocenters. The molecule has 0 spiro atoms. The lowest BCUT2D eigenvalue weighted by molar-refractivity contribution is -0.140. The van der Waals surface area contributed by atoms with Crippen LogP contribution in [0.5, 0.6) is 0 Å². The summed E-state index contributed by atoms with van der Waals surface area (Å²) in [6.45, 7) is 9.74. The van der Waals surface area contributed by atoms with Crippen molar-refractivity contribution in [2.45, 2.75) is 59.5 Å². The first-order valence-corrected chi connectivity index (χ1v) is 16.9. The third-order valence-corrected chi connectivity index (χ3v) is 9.13. The zero-order valence-electron chi connectivity index (χ0n) is 28.5. The number of rotatable bonds is 8. The van der Waals surface area contributed by atoms with Gasteiger partial charge in [-0.2, -0.15) is 13.2 Å². The Morgan fingerprint density at radius 2 is 1.88 bits per heavy atom. The van der Waals surface area contributed by atoms with Gasteiger partial charge in [-0.15, -0.1) is 11.3 Å². The number of benzene rings is 1. The van der Waals surface area contributed by atoms with Crippen LogP contribution in [0.1, 0.15) is 50.7 Å². The number of morpholine rings is 1. The number of hydrogen-bond donors (Lipinski definition) is 3. The van der Waals surface area contributed by atoms with E-state index in [1.165, 1.54) is 29.4 Å². The van der Waals surface area contributed by atoms with Crippen LogP contribution in [0.25, 0.3) is 32.6 Å². The Labute approximate surface area is 294 Å². The Bertz CT molecular complexity index is 2020. The van der Waals surface area contributed by atoms with Crippen LogP contribution in [0.15, 0.2) is 46.8 Å². The Balaban J connectivity index is 1.70. The zero-order valence-corrected chi connectivity index (χ0v) is 29.3. The van der Waals surface area contributed by atoms with Crippen molar-refractivity contribution in [3.63, 3.8) is 0 Å². The smallest absolute Gasteiger partial charge is 0.434 e. The highest BCUT2D eigenvalue weighted by molar-refractivity contribution is 7.13. The molecule has 17 heteroatoms. The average molecular weight is 731 g/mol. The van der Waals surface area contributed by atoms with Crippen molar-refractivity contribution in [2.75, 3.05) is 31.6 Å². The highest BCUT2D eigenvalue weighted by Crippen LogP contribution is 2.39. The fourth-order valence-electron chi connectivity index (χ4n) is 6.03. The third-order valence-electron chi connectivity index (χ3n) is 8.26. The van der Waals surface area contributed by atoms with Crippen LogP contribution in [0.4, 0.5) is 28.6 Å². The van der Waals surface area contributed by atoms with E-state index in [2.05, 4.69) is 20.6 Å². The summed E-state index contributed by atoms with van der Waals surface area (Å²) in [5, 5.41) is 16.1. The fraction of sp³-hybridized carbons (Fsp3) is 0.412. The van der Waals surface area contributed by atoms with Crippen molar-refractivity contribution in [2.24, 2.45) is 5.41 Å². The molecule has 0 aliphatic carbocycles. The van der Waals surface area contributed by atoms with E-state index in [4.69, 9.17) is 9.47 Å². The van der Waals surface area contributed by atoms with Crippen LogP contribution < -0.4 is 16.1 Å². The largest absolute Gasteiger partial charge is 0.465 e. The van der Waals surface area contributed by atoms with Gasteiger partial charge in [0.1, 0.15) is 16.4 Å². The van der Waals surface area contributed by atoms with Crippen LogP contribution in [-0.2, 0) is 22.2 Å². The second kappa shape index (κ2) is 14.7. The third kappa shape index (κ3) is 7.99. The van der Waals surface area contributed by atoms with Crippen molar-refractivity contribution in [1.82, 2.24) is 24.8 Å². The van der Waals surface area contributed by atoms with Crippen LogP contribution in [-0.4, -0.2) is 81.1 Å². The fourth-order valence-corrected chi connectivity index (χ4v) is 6.89. The standard InChI is InChI=1S/C34H37F3N6O7S/c1-6-38-31(46)41-26-13-19(29-40-25(17-51-29)34(35,36)37)21(14-39-26)18-8-9-23-20(12-18)27(44)22(30(45)49-7-2)15-42(23)16-24-28(33(3,4)5)50-11-10-43(24)32(47)48/h8-9,12-15,17,24,28H,6-7,10-11,16H2,1-5H3,(H,47,48)(H2,38,39,41,46). The molecular weight excluding hydrogens is 693 g/mol. The number of urea groups is 1. The number of nitrogens with one attached hydrogen (secondary N) is 2. The number of aromatic nitrogens is 3. The molecule has 1 saturated heterocycles. The van der Waals surface area contributed by atoms with E-state index in [1.54, 1.807) is 30.5 Å². The van der Waals surface area contributed by atoms with E-state index < -0.39 is 53.0 Å². The number of carbonyl (C=O) groups excluding carboxylic acids is 2. The predicted octanol–water partition coefficient (Wildman–Crippen LogP) is 6.32. The van der Waals surface area contributed by atoms with Crippen LogP contribution in [0.3, 0.4) is 0 Å². The molecular formula is C34H37F3N6O7S. The molecule has 1 aliphatic heterocycles. The van der Waals surface area contributed by atoms with Gasteiger partial charge >= 0.3 is 24.3 Å². The van der Waals surface area contributed by atoms with Crippen LogP contribution in [0.2, 0.25) is 0 Å². The molecule has 1 fully saturated rings. The molecule has 0 bridgehead atoms. The van der Waals surface area contributed by atoms with Crippen molar-refractivity contribution < 1.29 is 42.1 Å². The molecule has 13 nitrogen and oxygen atoms in total. The summed E-state index contributed by atoms with van der Waals surface area (Å²) in [5.41, 5.74) is -1.33. The van der Waals surface area contributed by atoms with Crippen molar-refractivity contribution in [3.05, 3.63) is 63.5 Å². The number of alkyl halides is 3. The van der Waals surface area contributed by atoms with Crippen molar-refractivity contribution in [1.29, 1.82) is 0 Å². The summed E-state index contributed by atoms with van der Waals surface area (Å²) in [6.07, 6.45) is -3.69. The van der Waals surface area contributed by atoms with E-state index in [0.717, 1.165) is 16.7 Å². The topological polar surface area (TPSA) is 165 Å². The number of fused-ring (bicyclic) bond motifs is 1. The maximum absolute atomic E-state index is 13.9. The second-order valence-electron chi connectivity index (χ2n) is 12.8. The van der Waals surface area contributed by atoms with Gasteiger partial charge in [0.05, 0.1) is 30.9 Å². The number of hydrogen-bond acceptors (Lipinski definition) is 9. The van der Waals surface area contributed by atoms with Gasteiger partial charge in [0, 0.05) is 53.9 Å². The number of nitrogens with zero attached hydrogens (tertiary/aromatic N) is 4. The molecule has 3 aromatic heterocycles.